The molecule has 1 heterocycles. The van der Waals surface area contributed by atoms with Gasteiger partial charge in [-0.15, -0.1) is 11.8 Å². The van der Waals surface area contributed by atoms with Gasteiger partial charge in [0.2, 0.25) is 0 Å². The standard InChI is InChI=1S/C13H14N2O2S2/c1-8-12(19-13(14)15-8)18-7-9-5-3-4-6-10(9)11(16)17-2/h3-6H,7H2,1-2H3,(H2,14,15). The van der Waals surface area contributed by atoms with Crippen LogP contribution < -0.4 is 5.73 Å². The second-order valence-electron chi connectivity index (χ2n) is 3.86. The number of aryl methyl sites for hydroxylation is 1. The fourth-order valence-corrected chi connectivity index (χ4v) is 3.66. The molecular formula is C13H14N2O2S2. The number of nitrogens with zero attached hydrogens (tertiary/aromatic N) is 1. The highest BCUT2D eigenvalue weighted by atomic mass is 32.2. The largest absolute Gasteiger partial charge is 0.465 e. The summed E-state index contributed by atoms with van der Waals surface area (Å²) >= 11 is 3.10. The third kappa shape index (κ3) is 3.27. The molecule has 4 nitrogen and oxygen atoms in total. The Hall–Kier alpha value is -1.53. The van der Waals surface area contributed by atoms with Gasteiger partial charge in [0.15, 0.2) is 5.13 Å². The topological polar surface area (TPSA) is 65.2 Å². The Morgan fingerprint density at radius 3 is 2.84 bits per heavy atom. The normalized spacial score (nSPS) is 10.4. The average molecular weight is 294 g/mol. The molecular weight excluding hydrogens is 280 g/mol. The number of nitrogens with two attached hydrogens (primary N) is 1. The Morgan fingerprint density at radius 1 is 1.47 bits per heavy atom. The highest BCUT2D eigenvalue weighted by Crippen LogP contribution is 2.33. The SMILES string of the molecule is COC(=O)c1ccccc1CSc1sc(N)nc1C. The van der Waals surface area contributed by atoms with Gasteiger partial charge in [0, 0.05) is 5.75 Å². The van der Waals surface area contributed by atoms with Crippen molar-refractivity contribution < 1.29 is 9.53 Å². The summed E-state index contributed by atoms with van der Waals surface area (Å²) in [6.07, 6.45) is 0. The summed E-state index contributed by atoms with van der Waals surface area (Å²) in [6.45, 7) is 1.93. The zero-order chi connectivity index (χ0) is 13.8. The van der Waals surface area contributed by atoms with E-state index in [9.17, 15) is 4.79 Å². The quantitative estimate of drug-likeness (QED) is 0.693. The summed E-state index contributed by atoms with van der Waals surface area (Å²) in [4.78, 5) is 15.8. The van der Waals surface area contributed by atoms with Crippen LogP contribution in [0.1, 0.15) is 21.6 Å². The van der Waals surface area contributed by atoms with E-state index in [1.165, 1.54) is 18.4 Å². The van der Waals surface area contributed by atoms with Crippen LogP contribution in [0.15, 0.2) is 28.5 Å². The molecule has 0 aliphatic carbocycles. The number of benzene rings is 1. The molecule has 0 atom stereocenters. The Morgan fingerprint density at radius 2 is 2.21 bits per heavy atom. The zero-order valence-electron chi connectivity index (χ0n) is 10.7. The molecule has 0 saturated heterocycles. The number of thiazole rings is 1. The Labute approximate surface area is 120 Å². The monoisotopic (exact) mass is 294 g/mol. The van der Waals surface area contributed by atoms with Gasteiger partial charge in [0.1, 0.15) is 0 Å². The number of thioether (sulfide) groups is 1. The van der Waals surface area contributed by atoms with Gasteiger partial charge >= 0.3 is 5.97 Å². The van der Waals surface area contributed by atoms with Crippen LogP contribution in [0.25, 0.3) is 0 Å². The molecule has 0 unspecified atom stereocenters. The van der Waals surface area contributed by atoms with Gasteiger partial charge in [-0.25, -0.2) is 9.78 Å². The number of esters is 1. The molecule has 2 aromatic rings. The maximum Gasteiger partial charge on any atom is 0.338 e. The van der Waals surface area contributed by atoms with E-state index in [4.69, 9.17) is 10.5 Å². The molecule has 0 amide bonds. The van der Waals surface area contributed by atoms with Crippen molar-refractivity contribution in [2.24, 2.45) is 0 Å². The van der Waals surface area contributed by atoms with E-state index in [0.717, 1.165) is 15.5 Å². The van der Waals surface area contributed by atoms with Crippen molar-refractivity contribution in [3.63, 3.8) is 0 Å². The third-order valence-electron chi connectivity index (χ3n) is 2.55. The van der Waals surface area contributed by atoms with Crippen LogP contribution in [0.4, 0.5) is 5.13 Å². The number of rotatable bonds is 4. The van der Waals surface area contributed by atoms with Gasteiger partial charge < -0.3 is 10.5 Å². The van der Waals surface area contributed by atoms with Gasteiger partial charge in [-0.05, 0) is 18.6 Å². The van der Waals surface area contributed by atoms with Crippen LogP contribution in [-0.4, -0.2) is 18.1 Å². The number of hydrogen-bond donors (Lipinski definition) is 1. The first-order valence-electron chi connectivity index (χ1n) is 5.63. The number of nitrogen functional groups attached to an aromatic ring is 1. The number of ether oxygens (including phenoxy) is 1. The van der Waals surface area contributed by atoms with E-state index in [0.29, 0.717) is 16.4 Å². The lowest BCUT2D eigenvalue weighted by Crippen LogP contribution is -2.04. The molecule has 2 N–H and O–H groups in total. The summed E-state index contributed by atoms with van der Waals surface area (Å²) < 4.78 is 5.86. The first-order valence-corrected chi connectivity index (χ1v) is 7.44. The number of aromatic nitrogens is 1. The number of anilines is 1. The average Bonchev–Trinajstić information content (AvgIpc) is 2.74. The maximum absolute atomic E-state index is 11.7. The predicted molar refractivity (Wildman–Crippen MR) is 78.6 cm³/mol. The van der Waals surface area contributed by atoms with E-state index in [1.54, 1.807) is 17.8 Å². The summed E-state index contributed by atoms with van der Waals surface area (Å²) in [5.74, 6) is 0.380. The second-order valence-corrected chi connectivity index (χ2v) is 6.14. The molecule has 0 saturated carbocycles. The van der Waals surface area contributed by atoms with Gasteiger partial charge in [-0.1, -0.05) is 29.5 Å². The molecule has 0 bridgehead atoms. The minimum atomic E-state index is -0.309. The lowest BCUT2D eigenvalue weighted by atomic mass is 10.1. The molecule has 0 radical (unpaired) electrons. The fraction of sp³-hybridized carbons (Fsp3) is 0.231. The van der Waals surface area contributed by atoms with Gasteiger partial charge in [-0.3, -0.25) is 0 Å². The lowest BCUT2D eigenvalue weighted by Gasteiger charge is -2.06. The van der Waals surface area contributed by atoms with Gasteiger partial charge in [-0.2, -0.15) is 0 Å². The molecule has 0 aliphatic heterocycles. The Balaban J connectivity index is 2.16. The number of methoxy groups -OCH3 is 1. The van der Waals surface area contributed by atoms with Crippen LogP contribution in [0, 0.1) is 6.92 Å². The molecule has 100 valence electrons. The smallest absolute Gasteiger partial charge is 0.338 e. The highest BCUT2D eigenvalue weighted by Gasteiger charge is 2.12. The first kappa shape index (κ1) is 13.9. The molecule has 19 heavy (non-hydrogen) atoms. The number of carbonyl (C=O) groups excluding carboxylic acids is 1. The van der Waals surface area contributed by atoms with Crippen molar-refractivity contribution in [2.45, 2.75) is 16.9 Å². The summed E-state index contributed by atoms with van der Waals surface area (Å²) in [5, 5.41) is 0.571. The van der Waals surface area contributed by atoms with E-state index < -0.39 is 0 Å². The highest BCUT2D eigenvalue weighted by molar-refractivity contribution is 8.00. The molecule has 1 aromatic carbocycles. The van der Waals surface area contributed by atoms with Crippen LogP contribution in [0.5, 0.6) is 0 Å². The lowest BCUT2D eigenvalue weighted by molar-refractivity contribution is 0.0600. The molecule has 2 rings (SSSR count). The minimum Gasteiger partial charge on any atom is -0.465 e. The summed E-state index contributed by atoms with van der Waals surface area (Å²) in [6, 6.07) is 7.45. The van der Waals surface area contributed by atoms with Crippen molar-refractivity contribution in [2.75, 3.05) is 12.8 Å². The van der Waals surface area contributed by atoms with E-state index in [2.05, 4.69) is 4.98 Å². The van der Waals surface area contributed by atoms with E-state index in [1.807, 2.05) is 25.1 Å². The van der Waals surface area contributed by atoms with Crippen molar-refractivity contribution >= 4 is 34.2 Å². The first-order chi connectivity index (χ1) is 9.11. The van der Waals surface area contributed by atoms with Crippen molar-refractivity contribution in [3.8, 4) is 0 Å². The van der Waals surface area contributed by atoms with Crippen LogP contribution in [0.3, 0.4) is 0 Å². The Bertz CT molecular complexity index is 596. The van der Waals surface area contributed by atoms with E-state index >= 15 is 0 Å². The third-order valence-corrected chi connectivity index (χ3v) is 4.95. The predicted octanol–water partition coefficient (Wildman–Crippen LogP) is 3.11. The zero-order valence-corrected chi connectivity index (χ0v) is 12.3. The Kier molecular flexibility index (Phi) is 4.44. The van der Waals surface area contributed by atoms with Crippen LogP contribution >= 0.6 is 23.1 Å². The second kappa shape index (κ2) is 6.08. The van der Waals surface area contributed by atoms with Crippen molar-refractivity contribution in [1.29, 1.82) is 0 Å². The molecule has 0 fully saturated rings. The maximum atomic E-state index is 11.7. The van der Waals surface area contributed by atoms with Crippen molar-refractivity contribution in [1.82, 2.24) is 4.98 Å². The molecule has 0 spiro atoms. The van der Waals surface area contributed by atoms with Crippen LogP contribution in [-0.2, 0) is 10.5 Å². The molecule has 6 heteroatoms. The van der Waals surface area contributed by atoms with Crippen LogP contribution in [0.2, 0.25) is 0 Å². The molecule has 0 aliphatic rings. The minimum absolute atomic E-state index is 0.309. The van der Waals surface area contributed by atoms with Gasteiger partial charge in [0.05, 0.1) is 22.6 Å². The number of carbonyl (C=O) groups is 1. The van der Waals surface area contributed by atoms with Gasteiger partial charge in [0.25, 0.3) is 0 Å². The number of hydrogen-bond acceptors (Lipinski definition) is 6. The van der Waals surface area contributed by atoms with E-state index in [-0.39, 0.29) is 5.97 Å². The molecule has 1 aromatic heterocycles. The fourth-order valence-electron chi connectivity index (χ4n) is 1.64. The summed E-state index contributed by atoms with van der Waals surface area (Å²) in [5.41, 5.74) is 8.16. The summed E-state index contributed by atoms with van der Waals surface area (Å²) in [7, 11) is 1.39. The van der Waals surface area contributed by atoms with Crippen molar-refractivity contribution in [3.05, 3.63) is 41.1 Å².